The molecule has 0 spiro atoms. The van der Waals surface area contributed by atoms with E-state index in [0.29, 0.717) is 27.9 Å². The second-order valence-corrected chi connectivity index (χ2v) is 6.95. The molecule has 1 aromatic rings. The molecule has 1 fully saturated rings. The van der Waals surface area contributed by atoms with Gasteiger partial charge in [-0.05, 0) is 38.3 Å². The van der Waals surface area contributed by atoms with Crippen LogP contribution in [0.1, 0.15) is 43.0 Å². The topological polar surface area (TPSA) is 42.8 Å². The highest BCUT2D eigenvalue weighted by molar-refractivity contribution is 6.37. The number of piperidine rings is 1. The van der Waals surface area contributed by atoms with Crippen LogP contribution in [0.2, 0.25) is 10.0 Å². The van der Waals surface area contributed by atoms with Gasteiger partial charge in [-0.15, -0.1) is 0 Å². The van der Waals surface area contributed by atoms with Gasteiger partial charge in [0.2, 0.25) is 0 Å². The van der Waals surface area contributed by atoms with Crippen LogP contribution < -0.4 is 15.0 Å². The van der Waals surface area contributed by atoms with E-state index in [0.717, 1.165) is 19.0 Å². The van der Waals surface area contributed by atoms with Crippen LogP contribution in [0.4, 0.5) is 0 Å². The zero-order valence-corrected chi connectivity index (χ0v) is 15.3. The molecule has 2 rings (SSSR count). The smallest absolute Gasteiger partial charge is 0.251 e. The molecule has 1 aliphatic heterocycles. The molecule has 0 aromatic heterocycles. The number of rotatable bonds is 6. The molecule has 1 unspecified atom stereocenters. The first-order valence-corrected chi connectivity index (χ1v) is 8.94. The van der Waals surface area contributed by atoms with E-state index in [1.807, 2.05) is 0 Å². The van der Waals surface area contributed by atoms with E-state index in [-0.39, 0.29) is 5.91 Å². The van der Waals surface area contributed by atoms with E-state index in [4.69, 9.17) is 27.9 Å². The monoisotopic (exact) mass is 359 g/mol. The van der Waals surface area contributed by atoms with E-state index in [1.54, 1.807) is 17.0 Å². The molecule has 1 saturated heterocycles. The Morgan fingerprint density at radius 3 is 2.65 bits per heavy atom. The molecule has 0 aliphatic carbocycles. The Morgan fingerprint density at radius 2 is 2.04 bits per heavy atom. The summed E-state index contributed by atoms with van der Waals surface area (Å²) in [5.41, 5.74) is 0.458. The Kier molecular flexibility index (Phi) is 7.00. The van der Waals surface area contributed by atoms with Gasteiger partial charge >= 0.3 is 0 Å². The van der Waals surface area contributed by atoms with Gasteiger partial charge in [-0.25, -0.2) is 0 Å². The highest BCUT2D eigenvalue weighted by Crippen LogP contribution is 2.33. The summed E-state index contributed by atoms with van der Waals surface area (Å²) < 4.78 is 5.09. The SMILES string of the molecule is COc1c(Cl)cc(C(=O)NCCC[NH+]2CCCC[C@@H]2C)cc1Cl. The third-order valence-corrected chi connectivity index (χ3v) is 5.07. The number of likely N-dealkylation sites (tertiary alicyclic amines) is 1. The molecule has 1 heterocycles. The number of carbonyl (C=O) groups is 1. The van der Waals surface area contributed by atoms with Gasteiger partial charge in [0.25, 0.3) is 5.91 Å². The maximum atomic E-state index is 12.2. The average molecular weight is 360 g/mol. The van der Waals surface area contributed by atoms with Crippen LogP contribution >= 0.6 is 23.2 Å². The van der Waals surface area contributed by atoms with Crippen LogP contribution in [0.5, 0.6) is 5.75 Å². The van der Waals surface area contributed by atoms with Gasteiger partial charge in [0.05, 0.1) is 36.3 Å². The first kappa shape index (κ1) is 18.4. The van der Waals surface area contributed by atoms with Crippen molar-refractivity contribution in [2.24, 2.45) is 0 Å². The van der Waals surface area contributed by atoms with E-state index in [2.05, 4.69) is 12.2 Å². The van der Waals surface area contributed by atoms with Crippen molar-refractivity contribution in [2.45, 2.75) is 38.6 Å². The Balaban J connectivity index is 1.81. The van der Waals surface area contributed by atoms with Gasteiger partial charge < -0.3 is 15.0 Å². The highest BCUT2D eigenvalue weighted by Gasteiger charge is 2.21. The number of amides is 1. The minimum Gasteiger partial charge on any atom is -0.494 e. The molecular weight excluding hydrogens is 335 g/mol. The zero-order valence-electron chi connectivity index (χ0n) is 13.8. The number of quaternary nitrogens is 1. The molecule has 2 N–H and O–H groups in total. The molecule has 1 aromatic carbocycles. The number of hydrogen-bond acceptors (Lipinski definition) is 2. The van der Waals surface area contributed by atoms with Crippen LogP contribution in [0.15, 0.2) is 12.1 Å². The molecule has 0 bridgehead atoms. The molecule has 6 heteroatoms. The van der Waals surface area contributed by atoms with Gasteiger partial charge in [0, 0.05) is 18.5 Å². The summed E-state index contributed by atoms with van der Waals surface area (Å²) >= 11 is 12.1. The number of carbonyl (C=O) groups excluding carboxylic acids is 1. The minimum atomic E-state index is -0.154. The lowest BCUT2D eigenvalue weighted by Gasteiger charge is -2.30. The molecule has 1 amide bonds. The predicted octanol–water partition coefficient (Wildman–Crippen LogP) is 2.58. The lowest BCUT2D eigenvalue weighted by molar-refractivity contribution is -0.928. The lowest BCUT2D eigenvalue weighted by Crippen LogP contribution is -3.16. The first-order chi connectivity index (χ1) is 11.0. The maximum absolute atomic E-state index is 12.2. The van der Waals surface area contributed by atoms with Crippen molar-refractivity contribution in [1.82, 2.24) is 5.32 Å². The Morgan fingerprint density at radius 1 is 1.35 bits per heavy atom. The zero-order chi connectivity index (χ0) is 16.8. The summed E-state index contributed by atoms with van der Waals surface area (Å²) in [6, 6.07) is 3.90. The van der Waals surface area contributed by atoms with Gasteiger partial charge in [-0.3, -0.25) is 4.79 Å². The Bertz CT molecular complexity index is 528. The highest BCUT2D eigenvalue weighted by atomic mass is 35.5. The van der Waals surface area contributed by atoms with Crippen molar-refractivity contribution >= 4 is 29.1 Å². The van der Waals surface area contributed by atoms with Crippen LogP contribution in [0.25, 0.3) is 0 Å². The van der Waals surface area contributed by atoms with Crippen molar-refractivity contribution in [3.05, 3.63) is 27.7 Å². The Hall–Kier alpha value is -0.970. The van der Waals surface area contributed by atoms with Gasteiger partial charge in [-0.2, -0.15) is 0 Å². The number of ether oxygens (including phenoxy) is 1. The molecule has 23 heavy (non-hydrogen) atoms. The summed E-state index contributed by atoms with van der Waals surface area (Å²) in [7, 11) is 1.50. The quantitative estimate of drug-likeness (QED) is 0.766. The fraction of sp³-hybridized carbons (Fsp3) is 0.588. The lowest BCUT2D eigenvalue weighted by atomic mass is 10.0. The second kappa shape index (κ2) is 8.76. The fourth-order valence-electron chi connectivity index (χ4n) is 3.13. The Labute approximate surface area is 148 Å². The number of hydrogen-bond donors (Lipinski definition) is 2. The third-order valence-electron chi connectivity index (χ3n) is 4.51. The van der Waals surface area contributed by atoms with Gasteiger partial charge in [-0.1, -0.05) is 23.2 Å². The van der Waals surface area contributed by atoms with Crippen LogP contribution in [0, 0.1) is 0 Å². The standard InChI is InChI=1S/C17H24Cl2N2O2/c1-12-6-3-4-8-21(12)9-5-7-20-17(22)13-10-14(18)16(23-2)15(19)11-13/h10-12H,3-9H2,1-2H3,(H,20,22)/p+1/t12-/m0/s1. The second-order valence-electron chi connectivity index (χ2n) is 6.14. The summed E-state index contributed by atoms with van der Waals surface area (Å²) in [4.78, 5) is 13.8. The molecule has 2 atom stereocenters. The molecule has 1 aliphatic rings. The van der Waals surface area contributed by atoms with Crippen LogP contribution in [-0.2, 0) is 0 Å². The normalized spacial score (nSPS) is 21.0. The maximum Gasteiger partial charge on any atom is 0.251 e. The average Bonchev–Trinajstić information content (AvgIpc) is 2.52. The summed E-state index contributed by atoms with van der Waals surface area (Å²) in [6.07, 6.45) is 4.95. The predicted molar refractivity (Wildman–Crippen MR) is 94.0 cm³/mol. The van der Waals surface area contributed by atoms with Crippen molar-refractivity contribution in [2.75, 3.05) is 26.7 Å². The van der Waals surface area contributed by atoms with Gasteiger partial charge in [0.15, 0.2) is 5.75 Å². The van der Waals surface area contributed by atoms with Crippen LogP contribution in [-0.4, -0.2) is 38.7 Å². The molecule has 128 valence electrons. The number of halogens is 2. The number of benzene rings is 1. The third kappa shape index (κ3) is 5.00. The van der Waals surface area contributed by atoms with Crippen molar-refractivity contribution < 1.29 is 14.4 Å². The summed E-state index contributed by atoms with van der Waals surface area (Å²) in [5.74, 6) is 0.241. The molecule has 4 nitrogen and oxygen atoms in total. The molecular formula is C17H25Cl2N2O2+. The summed E-state index contributed by atoms with van der Waals surface area (Å²) in [5, 5.41) is 3.62. The molecule has 0 saturated carbocycles. The largest absolute Gasteiger partial charge is 0.494 e. The van der Waals surface area contributed by atoms with Crippen LogP contribution in [0.3, 0.4) is 0 Å². The first-order valence-electron chi connectivity index (χ1n) is 8.18. The molecule has 0 radical (unpaired) electrons. The van der Waals surface area contributed by atoms with E-state index in [9.17, 15) is 4.79 Å². The number of nitrogens with one attached hydrogen (secondary N) is 2. The van der Waals surface area contributed by atoms with E-state index >= 15 is 0 Å². The van der Waals surface area contributed by atoms with Crippen molar-refractivity contribution in [3.63, 3.8) is 0 Å². The number of methoxy groups -OCH3 is 1. The van der Waals surface area contributed by atoms with E-state index in [1.165, 1.54) is 32.9 Å². The van der Waals surface area contributed by atoms with Gasteiger partial charge in [0.1, 0.15) is 0 Å². The van der Waals surface area contributed by atoms with E-state index < -0.39 is 0 Å². The van der Waals surface area contributed by atoms with Crippen molar-refractivity contribution in [3.8, 4) is 5.75 Å². The van der Waals surface area contributed by atoms with Crippen molar-refractivity contribution in [1.29, 1.82) is 0 Å². The summed E-state index contributed by atoms with van der Waals surface area (Å²) in [6.45, 7) is 5.33. The fourth-order valence-corrected chi connectivity index (χ4v) is 3.77. The minimum absolute atomic E-state index is 0.154.